The number of carbonyl (C=O) groups is 2. The van der Waals surface area contributed by atoms with Crippen LogP contribution in [0.3, 0.4) is 0 Å². The molecule has 2 N–H and O–H groups in total. The average molecular weight is 603 g/mol. The van der Waals surface area contributed by atoms with Crippen molar-refractivity contribution in [2.24, 2.45) is 0 Å². The highest BCUT2D eigenvalue weighted by molar-refractivity contribution is 5.94. The Morgan fingerprint density at radius 1 is 1.00 bits per heavy atom. The van der Waals surface area contributed by atoms with Gasteiger partial charge < -0.3 is 29.7 Å². The lowest BCUT2D eigenvalue weighted by atomic mass is 10.1. The van der Waals surface area contributed by atoms with Crippen LogP contribution in [0.25, 0.3) is 0 Å². The molecule has 2 amide bonds. The molecule has 3 aromatic rings. The number of hydrogen-bond donors (Lipinski definition) is 2. The number of benzene rings is 2. The number of rotatable bonds is 3. The van der Waals surface area contributed by atoms with Crippen LogP contribution in [0.1, 0.15) is 47.6 Å². The van der Waals surface area contributed by atoms with Gasteiger partial charge in [0.1, 0.15) is 11.6 Å². The van der Waals surface area contributed by atoms with Crippen LogP contribution in [-0.4, -0.2) is 77.0 Å². The van der Waals surface area contributed by atoms with Crippen LogP contribution < -0.4 is 20.1 Å². The highest BCUT2D eigenvalue weighted by Crippen LogP contribution is 2.19. The van der Waals surface area contributed by atoms with Crippen molar-refractivity contribution in [1.82, 2.24) is 25.2 Å². The summed E-state index contributed by atoms with van der Waals surface area (Å²) in [4.78, 5) is 39.3. The summed E-state index contributed by atoms with van der Waals surface area (Å²) < 4.78 is 54.3. The van der Waals surface area contributed by atoms with E-state index in [1.807, 2.05) is 12.1 Å². The van der Waals surface area contributed by atoms with Gasteiger partial charge >= 0.3 is 18.3 Å². The van der Waals surface area contributed by atoms with Gasteiger partial charge in [-0.25, -0.2) is 4.79 Å². The van der Waals surface area contributed by atoms with Crippen LogP contribution >= 0.6 is 0 Å². The van der Waals surface area contributed by atoms with Crippen molar-refractivity contribution in [3.63, 3.8) is 0 Å². The number of aromatic nitrogens is 3. The zero-order valence-corrected chi connectivity index (χ0v) is 23.8. The molecule has 230 valence electrons. The Kier molecular flexibility index (Phi) is 10.6. The number of hydrogen-bond acceptors (Lipinski definition) is 9. The van der Waals surface area contributed by atoms with E-state index in [1.54, 1.807) is 50.2 Å². The number of nitrogens with one attached hydrogen (secondary N) is 2. The summed E-state index contributed by atoms with van der Waals surface area (Å²) in [6.45, 7) is 3.44. The molecular weight excluding hydrogens is 569 g/mol. The third-order valence-electron chi connectivity index (χ3n) is 6.08. The summed E-state index contributed by atoms with van der Waals surface area (Å²) >= 11 is 0. The maximum Gasteiger partial charge on any atom is 0.422 e. The Labute approximate surface area is 246 Å². The Hall–Kier alpha value is -4.62. The first-order valence-corrected chi connectivity index (χ1v) is 13.8. The number of amides is 2. The molecule has 14 heteroatoms. The summed E-state index contributed by atoms with van der Waals surface area (Å²) in [5.74, 6) is 0.531. The number of alkyl halides is 3. The minimum absolute atomic E-state index is 0.0532. The van der Waals surface area contributed by atoms with E-state index in [-0.39, 0.29) is 49.8 Å². The summed E-state index contributed by atoms with van der Waals surface area (Å²) in [6.07, 6.45) is -4.63. The first kappa shape index (κ1) is 31.3. The van der Waals surface area contributed by atoms with E-state index in [9.17, 15) is 22.8 Å². The van der Waals surface area contributed by atoms with Crippen LogP contribution in [0.2, 0.25) is 0 Å². The number of anilines is 1. The third kappa shape index (κ3) is 10.3. The minimum atomic E-state index is -4.56. The molecule has 0 spiro atoms. The van der Waals surface area contributed by atoms with Crippen LogP contribution in [0.4, 0.5) is 23.9 Å². The van der Waals surface area contributed by atoms with Crippen molar-refractivity contribution in [3.8, 4) is 11.8 Å². The third-order valence-corrected chi connectivity index (χ3v) is 6.08. The van der Waals surface area contributed by atoms with Crippen molar-refractivity contribution < 1.29 is 37.0 Å². The fourth-order valence-corrected chi connectivity index (χ4v) is 4.03. The van der Waals surface area contributed by atoms with Gasteiger partial charge in [0, 0.05) is 38.2 Å². The van der Waals surface area contributed by atoms with Gasteiger partial charge in [0.2, 0.25) is 5.95 Å². The normalized spacial score (nSPS) is 14.9. The smallest absolute Gasteiger partial charge is 0.422 e. The molecule has 0 atom stereocenters. The van der Waals surface area contributed by atoms with E-state index in [0.29, 0.717) is 36.4 Å². The second-order valence-electron chi connectivity index (χ2n) is 10.0. The average Bonchev–Trinajstić information content (AvgIpc) is 2.96. The highest BCUT2D eigenvalue weighted by Gasteiger charge is 2.29. The fourth-order valence-electron chi connectivity index (χ4n) is 4.03. The van der Waals surface area contributed by atoms with E-state index in [1.165, 1.54) is 4.90 Å². The lowest BCUT2D eigenvalue weighted by Gasteiger charge is -2.23. The molecule has 5 heterocycles. The Morgan fingerprint density at radius 2 is 1.72 bits per heavy atom. The summed E-state index contributed by atoms with van der Waals surface area (Å²) in [5, 5.41) is 5.81. The Balaban J connectivity index is 1.55. The Morgan fingerprint density at radius 3 is 2.42 bits per heavy atom. The van der Waals surface area contributed by atoms with Gasteiger partial charge in [0.05, 0.1) is 12.7 Å². The molecule has 0 aliphatic carbocycles. The molecule has 6 bridgehead atoms. The second-order valence-corrected chi connectivity index (χ2v) is 10.0. The molecule has 4 aliphatic rings. The number of carbonyl (C=O) groups excluding carboxylic acids is 2. The van der Waals surface area contributed by atoms with Crippen molar-refractivity contribution in [1.29, 1.82) is 0 Å². The lowest BCUT2D eigenvalue weighted by molar-refractivity contribution is -0.154. The van der Waals surface area contributed by atoms with Crippen LogP contribution in [-0.2, 0) is 17.7 Å². The number of nitrogens with zero attached hydrogens (tertiary/aromatic N) is 4. The molecule has 11 nitrogen and oxygen atoms in total. The molecule has 0 radical (unpaired) electrons. The van der Waals surface area contributed by atoms with Crippen LogP contribution in [0.5, 0.6) is 11.8 Å². The van der Waals surface area contributed by atoms with Gasteiger partial charge in [-0.15, -0.1) is 0 Å². The molecule has 4 aliphatic heterocycles. The van der Waals surface area contributed by atoms with Gasteiger partial charge in [-0.1, -0.05) is 24.3 Å². The fraction of sp³-hybridized carbons (Fsp3) is 0.414. The van der Waals surface area contributed by atoms with Gasteiger partial charge in [0.25, 0.3) is 5.91 Å². The van der Waals surface area contributed by atoms with Gasteiger partial charge in [0.15, 0.2) is 6.61 Å². The largest absolute Gasteiger partial charge is 0.494 e. The highest BCUT2D eigenvalue weighted by atomic mass is 19.4. The Bertz CT molecular complexity index is 1370. The molecule has 2 aromatic carbocycles. The maximum absolute atomic E-state index is 12.8. The van der Waals surface area contributed by atoms with E-state index in [2.05, 4.69) is 25.6 Å². The molecule has 7 rings (SSSR count). The zero-order chi connectivity index (χ0) is 30.8. The molecule has 0 saturated heterocycles. The van der Waals surface area contributed by atoms with Gasteiger partial charge in [-0.05, 0) is 55.7 Å². The quantitative estimate of drug-likeness (QED) is 0.449. The first-order chi connectivity index (χ1) is 20.5. The summed E-state index contributed by atoms with van der Waals surface area (Å²) in [5.41, 5.74) is 1.96. The number of ether oxygens (including phenoxy) is 3. The summed E-state index contributed by atoms with van der Waals surface area (Å²) in [6, 6.07) is 13.4. The van der Waals surface area contributed by atoms with Crippen molar-refractivity contribution in [2.75, 3.05) is 38.2 Å². The van der Waals surface area contributed by atoms with E-state index in [4.69, 9.17) is 14.2 Å². The number of halogens is 3. The first-order valence-electron chi connectivity index (χ1n) is 13.8. The second kappa shape index (κ2) is 14.5. The maximum atomic E-state index is 12.8. The molecule has 0 saturated carbocycles. The van der Waals surface area contributed by atoms with E-state index >= 15 is 0 Å². The summed E-state index contributed by atoms with van der Waals surface area (Å²) in [7, 11) is 0. The van der Waals surface area contributed by atoms with Crippen molar-refractivity contribution in [2.45, 2.75) is 45.5 Å². The lowest BCUT2D eigenvalue weighted by Crippen LogP contribution is -2.40. The van der Waals surface area contributed by atoms with E-state index in [0.717, 1.165) is 5.56 Å². The molecular formula is C29H33F3N6O5. The van der Waals surface area contributed by atoms with Crippen molar-refractivity contribution >= 4 is 17.9 Å². The zero-order valence-electron chi connectivity index (χ0n) is 23.8. The van der Waals surface area contributed by atoms with E-state index < -0.39 is 24.9 Å². The molecule has 43 heavy (non-hydrogen) atoms. The van der Waals surface area contributed by atoms with Crippen LogP contribution in [0.15, 0.2) is 48.5 Å². The molecule has 1 aromatic heterocycles. The SMILES string of the molecule is CC(C)OC(=O)N1CCCOc2ccc(cc2)CNc2nc(nc(OCC(F)(F)F)n2)Cc2ccc(cc2)C(=O)NCC1. The molecule has 0 unspecified atom stereocenters. The minimum Gasteiger partial charge on any atom is -0.494 e. The van der Waals surface area contributed by atoms with Crippen molar-refractivity contribution in [3.05, 3.63) is 71.0 Å². The predicted octanol–water partition coefficient (Wildman–Crippen LogP) is 4.37. The monoisotopic (exact) mass is 602 g/mol. The standard InChI is InChI=1S/C29H33F3N6O5/c1-19(2)43-28(40)38-13-3-15-41-23-10-6-21(7-11-23)17-34-26-35-24(36-27(37-26)42-18-29(30,31)32)16-20-4-8-22(9-5-20)25(39)33-12-14-38/h4-11,19H,3,12-18H2,1-2H3,(H,33,39)(H,34,35,36,37). The predicted molar refractivity (Wildman–Crippen MR) is 150 cm³/mol. The van der Waals surface area contributed by atoms with Crippen LogP contribution in [0, 0.1) is 0 Å². The van der Waals surface area contributed by atoms with Gasteiger partial charge in [-0.3, -0.25) is 4.79 Å². The topological polar surface area (TPSA) is 128 Å². The molecule has 0 fully saturated rings. The van der Waals surface area contributed by atoms with Gasteiger partial charge in [-0.2, -0.15) is 28.1 Å².